The highest BCUT2D eigenvalue weighted by Gasteiger charge is 2.62. The van der Waals surface area contributed by atoms with Gasteiger partial charge in [-0.15, -0.1) is 0 Å². The van der Waals surface area contributed by atoms with Crippen molar-refractivity contribution >= 4 is 28.9 Å². The van der Waals surface area contributed by atoms with E-state index in [2.05, 4.69) is 0 Å². The molecule has 2 aliphatic rings. The second kappa shape index (κ2) is 5.20. The second-order valence-electron chi connectivity index (χ2n) is 6.53. The van der Waals surface area contributed by atoms with Crippen molar-refractivity contribution in [2.45, 2.75) is 12.0 Å². The highest BCUT2D eigenvalue weighted by Crippen LogP contribution is 2.64. The molecular weight excluding hydrogens is 340 g/mol. The van der Waals surface area contributed by atoms with Gasteiger partial charge in [0.2, 0.25) is 11.2 Å². The number of benzene rings is 2. The molecule has 1 aliphatic heterocycles. The Balaban J connectivity index is 1.72. The van der Waals surface area contributed by atoms with Crippen molar-refractivity contribution in [3.8, 4) is 5.75 Å². The fraction of sp³-hybridized carbons (Fsp3) is 0.200. The molecule has 4 unspecified atom stereocenters. The first kappa shape index (κ1) is 14.7. The minimum atomic E-state index is -0.326. The van der Waals surface area contributed by atoms with E-state index in [9.17, 15) is 9.59 Å². The van der Waals surface area contributed by atoms with Crippen LogP contribution in [0, 0.1) is 11.8 Å². The van der Waals surface area contributed by atoms with Gasteiger partial charge in [0.25, 0.3) is 0 Å². The van der Waals surface area contributed by atoms with Crippen LogP contribution in [0.25, 0.3) is 11.0 Å². The van der Waals surface area contributed by atoms with Gasteiger partial charge in [0, 0.05) is 22.8 Å². The zero-order valence-corrected chi connectivity index (χ0v) is 13.8. The zero-order valence-electron chi connectivity index (χ0n) is 13.0. The lowest BCUT2D eigenvalue weighted by Crippen LogP contribution is -2.21. The molecule has 2 heterocycles. The van der Waals surface area contributed by atoms with Crippen LogP contribution in [-0.2, 0) is 4.79 Å². The number of carbonyl (C=O) groups excluding carboxylic acids is 1. The molecule has 0 amide bonds. The predicted molar refractivity (Wildman–Crippen MR) is 93.1 cm³/mol. The first-order valence-electron chi connectivity index (χ1n) is 8.12. The van der Waals surface area contributed by atoms with Crippen LogP contribution in [0.5, 0.6) is 5.75 Å². The molecule has 4 atom stereocenters. The van der Waals surface area contributed by atoms with Gasteiger partial charge in [-0.3, -0.25) is 4.79 Å². The minimum Gasteiger partial charge on any atom is -0.478 e. The van der Waals surface area contributed by atoms with Gasteiger partial charge in [0.1, 0.15) is 18.0 Å². The second-order valence-corrected chi connectivity index (χ2v) is 6.97. The third-order valence-corrected chi connectivity index (χ3v) is 5.39. The van der Waals surface area contributed by atoms with Gasteiger partial charge in [-0.25, -0.2) is 0 Å². The van der Waals surface area contributed by atoms with Crippen LogP contribution in [0.2, 0.25) is 5.02 Å². The number of carbonyl (C=O) groups is 1. The normalized spacial score (nSPS) is 26.4. The van der Waals surface area contributed by atoms with E-state index in [0.717, 1.165) is 11.8 Å². The predicted octanol–water partition coefficient (Wildman–Crippen LogP) is 4.11. The number of halogens is 1. The Labute approximate surface area is 148 Å². The number of hydrogen-bond donors (Lipinski definition) is 0. The van der Waals surface area contributed by atoms with Gasteiger partial charge in [0.15, 0.2) is 5.76 Å². The van der Waals surface area contributed by atoms with Crippen molar-refractivity contribution in [3.63, 3.8) is 0 Å². The van der Waals surface area contributed by atoms with Gasteiger partial charge in [-0.1, -0.05) is 41.9 Å². The van der Waals surface area contributed by atoms with Gasteiger partial charge in [-0.05, 0) is 23.8 Å². The van der Waals surface area contributed by atoms with E-state index in [0.29, 0.717) is 21.8 Å². The molecule has 2 aromatic carbocycles. The molecule has 4 nitrogen and oxygen atoms in total. The van der Waals surface area contributed by atoms with E-state index < -0.39 is 0 Å². The molecule has 25 heavy (non-hydrogen) atoms. The number of rotatable bonds is 2. The SMILES string of the molecule is O=CC1C2c3oc4ccc(Cl)cc4c(=O)c3OC(c3ccccc3)C12. The summed E-state index contributed by atoms with van der Waals surface area (Å²) in [7, 11) is 0. The molecule has 5 heteroatoms. The lowest BCUT2D eigenvalue weighted by molar-refractivity contribution is -0.109. The van der Waals surface area contributed by atoms with Crippen molar-refractivity contribution < 1.29 is 13.9 Å². The first-order valence-corrected chi connectivity index (χ1v) is 8.50. The van der Waals surface area contributed by atoms with E-state index >= 15 is 0 Å². The largest absolute Gasteiger partial charge is 0.478 e. The Kier molecular flexibility index (Phi) is 3.06. The van der Waals surface area contributed by atoms with Crippen molar-refractivity contribution in [2.24, 2.45) is 11.8 Å². The van der Waals surface area contributed by atoms with Gasteiger partial charge >= 0.3 is 0 Å². The molecule has 1 saturated carbocycles. The summed E-state index contributed by atoms with van der Waals surface area (Å²) in [6.07, 6.45) is 0.615. The van der Waals surface area contributed by atoms with Crippen molar-refractivity contribution in [1.29, 1.82) is 0 Å². The Hall–Kier alpha value is -2.59. The molecule has 0 radical (unpaired) electrons. The summed E-state index contributed by atoms with van der Waals surface area (Å²) >= 11 is 6.01. The summed E-state index contributed by atoms with van der Waals surface area (Å²) in [6.45, 7) is 0. The Morgan fingerprint density at radius 2 is 1.88 bits per heavy atom. The third-order valence-electron chi connectivity index (χ3n) is 5.15. The zero-order chi connectivity index (χ0) is 17.1. The molecule has 1 aliphatic carbocycles. The molecule has 0 bridgehead atoms. The fourth-order valence-corrected chi connectivity index (χ4v) is 4.08. The maximum absolute atomic E-state index is 12.9. The molecule has 0 saturated heterocycles. The number of hydrogen-bond acceptors (Lipinski definition) is 4. The van der Waals surface area contributed by atoms with Crippen LogP contribution in [0.4, 0.5) is 0 Å². The van der Waals surface area contributed by atoms with Crippen LogP contribution >= 0.6 is 11.6 Å². The van der Waals surface area contributed by atoms with Crippen LogP contribution in [-0.4, -0.2) is 6.29 Å². The quantitative estimate of drug-likeness (QED) is 0.651. The summed E-state index contributed by atoms with van der Waals surface area (Å²) in [5.74, 6) is 0.377. The van der Waals surface area contributed by atoms with E-state index in [1.54, 1.807) is 18.2 Å². The van der Waals surface area contributed by atoms with E-state index in [1.165, 1.54) is 0 Å². The first-order chi connectivity index (χ1) is 12.2. The lowest BCUT2D eigenvalue weighted by atomic mass is 10.00. The van der Waals surface area contributed by atoms with Crippen LogP contribution < -0.4 is 10.2 Å². The molecule has 0 N–H and O–H groups in total. The Morgan fingerprint density at radius 1 is 1.08 bits per heavy atom. The van der Waals surface area contributed by atoms with Gasteiger partial charge in [-0.2, -0.15) is 0 Å². The molecule has 124 valence electrons. The van der Waals surface area contributed by atoms with E-state index in [1.807, 2.05) is 30.3 Å². The van der Waals surface area contributed by atoms with E-state index in [4.69, 9.17) is 20.8 Å². The van der Waals surface area contributed by atoms with Crippen LogP contribution in [0.3, 0.4) is 0 Å². The minimum absolute atomic E-state index is 0.000278. The molecule has 5 rings (SSSR count). The third kappa shape index (κ3) is 2.07. The topological polar surface area (TPSA) is 56.5 Å². The molecule has 3 aromatic rings. The number of fused-ring (bicyclic) bond motifs is 4. The standard InChI is InChI=1S/C20H13ClO4/c21-11-6-7-14-12(8-11)17(23)20-19(24-14)16-13(9-22)15(16)18(25-20)10-4-2-1-3-5-10/h1-9,13,15-16,18H. The Bertz CT molecular complexity index is 1060. The summed E-state index contributed by atoms with van der Waals surface area (Å²) in [5, 5.41) is 0.852. The average Bonchev–Trinajstić information content (AvgIpc) is 3.38. The summed E-state index contributed by atoms with van der Waals surface area (Å²) < 4.78 is 12.0. The Morgan fingerprint density at radius 3 is 2.64 bits per heavy atom. The molecular formula is C20H13ClO4. The smallest absolute Gasteiger partial charge is 0.234 e. The van der Waals surface area contributed by atoms with E-state index in [-0.39, 0.29) is 35.0 Å². The highest BCUT2D eigenvalue weighted by molar-refractivity contribution is 6.31. The number of aldehydes is 1. The fourth-order valence-electron chi connectivity index (χ4n) is 3.91. The average molecular weight is 353 g/mol. The lowest BCUT2D eigenvalue weighted by Gasteiger charge is -2.24. The summed E-state index contributed by atoms with van der Waals surface area (Å²) in [5.41, 5.74) is 1.18. The van der Waals surface area contributed by atoms with Gasteiger partial charge < -0.3 is 13.9 Å². The summed E-state index contributed by atoms with van der Waals surface area (Å²) in [4.78, 5) is 24.4. The maximum Gasteiger partial charge on any atom is 0.234 e. The number of ether oxygens (including phenoxy) is 1. The molecule has 0 spiro atoms. The van der Waals surface area contributed by atoms with Gasteiger partial charge in [0.05, 0.1) is 5.39 Å². The van der Waals surface area contributed by atoms with Crippen molar-refractivity contribution in [1.82, 2.24) is 0 Å². The molecule has 1 aromatic heterocycles. The molecule has 1 fully saturated rings. The maximum atomic E-state index is 12.9. The van der Waals surface area contributed by atoms with Crippen LogP contribution in [0.1, 0.15) is 23.3 Å². The highest BCUT2D eigenvalue weighted by atomic mass is 35.5. The van der Waals surface area contributed by atoms with Crippen LogP contribution in [0.15, 0.2) is 57.7 Å². The van der Waals surface area contributed by atoms with Crippen molar-refractivity contribution in [3.05, 3.63) is 75.1 Å². The summed E-state index contributed by atoms with van der Waals surface area (Å²) in [6, 6.07) is 14.6. The monoisotopic (exact) mass is 352 g/mol. The van der Waals surface area contributed by atoms with Crippen molar-refractivity contribution in [2.75, 3.05) is 0 Å².